The fourth-order valence-electron chi connectivity index (χ4n) is 6.49. The van der Waals surface area contributed by atoms with Crippen molar-refractivity contribution in [2.75, 3.05) is 57.3 Å². The summed E-state index contributed by atoms with van der Waals surface area (Å²) < 4.78 is 48.6. The smallest absolute Gasteiger partial charge is 0.446 e. The maximum absolute atomic E-state index is 13.4. The van der Waals surface area contributed by atoms with Gasteiger partial charge >= 0.3 is 12.5 Å². The van der Waals surface area contributed by atoms with Crippen LogP contribution in [0.3, 0.4) is 0 Å². The van der Waals surface area contributed by atoms with Crippen molar-refractivity contribution in [1.82, 2.24) is 14.7 Å². The van der Waals surface area contributed by atoms with Crippen molar-refractivity contribution in [1.29, 1.82) is 0 Å². The van der Waals surface area contributed by atoms with Crippen LogP contribution in [0.1, 0.15) is 42.1 Å². The molecule has 3 amide bonds. The molecule has 0 aromatic heterocycles. The van der Waals surface area contributed by atoms with Gasteiger partial charge in [0, 0.05) is 76.3 Å². The topological polar surface area (TPSA) is 82.6 Å². The molecule has 0 spiro atoms. The molecule has 2 aromatic carbocycles. The molecule has 3 aliphatic heterocycles. The summed E-state index contributed by atoms with van der Waals surface area (Å²) in [7, 11) is 0. The molecule has 9 nitrogen and oxygen atoms in total. The van der Waals surface area contributed by atoms with Gasteiger partial charge in [-0.15, -0.1) is 13.2 Å². The van der Waals surface area contributed by atoms with Gasteiger partial charge in [-0.1, -0.05) is 29.8 Å². The van der Waals surface area contributed by atoms with Crippen molar-refractivity contribution in [3.05, 3.63) is 58.6 Å². The Morgan fingerprint density at radius 1 is 0.978 bits per heavy atom. The van der Waals surface area contributed by atoms with E-state index >= 15 is 0 Å². The lowest BCUT2D eigenvalue weighted by Crippen LogP contribution is -2.43. The summed E-state index contributed by atoms with van der Waals surface area (Å²) in [5.74, 6) is -0.520. The molecule has 2 atom stereocenters. The first-order valence-electron chi connectivity index (χ1n) is 15.2. The molecule has 5 rings (SSSR count). The zero-order chi connectivity index (χ0) is 32.3. The van der Waals surface area contributed by atoms with E-state index in [-0.39, 0.29) is 29.4 Å². The Labute approximate surface area is 265 Å². The predicted octanol–water partition coefficient (Wildman–Crippen LogP) is 5.60. The van der Waals surface area contributed by atoms with Crippen molar-refractivity contribution in [2.24, 2.45) is 11.8 Å². The number of piperidine rings is 1. The number of rotatable bonds is 8. The number of amides is 3. The number of fused-ring (bicyclic) bond motifs is 1. The van der Waals surface area contributed by atoms with Gasteiger partial charge in [-0.25, -0.2) is 4.79 Å². The molecule has 0 radical (unpaired) electrons. The number of carbonyl (C=O) groups is 3. The maximum atomic E-state index is 13.4. The normalized spacial score (nSPS) is 20.7. The number of para-hydroxylation sites is 1. The predicted molar refractivity (Wildman–Crippen MR) is 162 cm³/mol. The molecule has 0 N–H and O–H groups in total. The van der Waals surface area contributed by atoms with Crippen LogP contribution in [0.15, 0.2) is 42.5 Å². The molecule has 3 saturated heterocycles. The van der Waals surface area contributed by atoms with Gasteiger partial charge in [-0.2, -0.15) is 0 Å². The number of benzene rings is 2. The molecule has 3 heterocycles. The number of aryl methyl sites for hydroxylation is 1. The summed E-state index contributed by atoms with van der Waals surface area (Å²) in [6, 6.07) is 10.9. The molecule has 3 aliphatic rings. The van der Waals surface area contributed by atoms with Crippen molar-refractivity contribution in [3.63, 3.8) is 0 Å². The number of ether oxygens (including phenoxy) is 2. The summed E-state index contributed by atoms with van der Waals surface area (Å²) in [6.45, 7) is 8.11. The van der Waals surface area contributed by atoms with Crippen LogP contribution >= 0.6 is 11.6 Å². The van der Waals surface area contributed by atoms with E-state index in [1.807, 2.05) is 19.1 Å². The van der Waals surface area contributed by atoms with Gasteiger partial charge in [0.05, 0.1) is 5.56 Å². The van der Waals surface area contributed by atoms with E-state index < -0.39 is 24.1 Å². The third-order valence-electron chi connectivity index (χ3n) is 8.89. The van der Waals surface area contributed by atoms with Crippen LogP contribution in [0.25, 0.3) is 0 Å². The molecule has 0 bridgehead atoms. The number of alkyl halides is 3. The van der Waals surface area contributed by atoms with Crippen LogP contribution in [-0.4, -0.2) is 97.4 Å². The van der Waals surface area contributed by atoms with E-state index in [4.69, 9.17) is 16.3 Å². The van der Waals surface area contributed by atoms with Gasteiger partial charge in [0.1, 0.15) is 11.9 Å². The summed E-state index contributed by atoms with van der Waals surface area (Å²) in [6.07, 6.45) is -3.75. The van der Waals surface area contributed by atoms with Gasteiger partial charge in [0.15, 0.2) is 0 Å². The van der Waals surface area contributed by atoms with Gasteiger partial charge in [0.25, 0.3) is 5.91 Å². The lowest BCUT2D eigenvalue weighted by molar-refractivity contribution is -0.274. The number of anilines is 1. The Morgan fingerprint density at radius 3 is 2.27 bits per heavy atom. The summed E-state index contributed by atoms with van der Waals surface area (Å²) in [5, 5.41) is 0.555. The zero-order valence-electron chi connectivity index (χ0n) is 25.4. The fourth-order valence-corrected chi connectivity index (χ4v) is 6.66. The summed E-state index contributed by atoms with van der Waals surface area (Å²) >= 11 is 6.39. The maximum Gasteiger partial charge on any atom is 0.573 e. The van der Waals surface area contributed by atoms with Crippen LogP contribution in [-0.2, 0) is 9.53 Å². The van der Waals surface area contributed by atoms with Crippen molar-refractivity contribution in [3.8, 4) is 5.75 Å². The Balaban J connectivity index is 1.15. The van der Waals surface area contributed by atoms with E-state index in [9.17, 15) is 27.6 Å². The van der Waals surface area contributed by atoms with Gasteiger partial charge in [-0.05, 0) is 61.6 Å². The molecule has 2 unspecified atom stereocenters. The molecule has 3 fully saturated rings. The Bertz CT molecular complexity index is 1390. The molecule has 2 aromatic rings. The van der Waals surface area contributed by atoms with E-state index in [1.54, 1.807) is 20.8 Å². The van der Waals surface area contributed by atoms with E-state index in [0.717, 1.165) is 31.3 Å². The lowest BCUT2D eigenvalue weighted by atomic mass is 10.0. The zero-order valence-corrected chi connectivity index (χ0v) is 26.1. The minimum Gasteiger partial charge on any atom is -0.446 e. The standard InChI is InChI=1S/C32H38ClF3N4O5/c1-21-8-9-25(16-28(21)33)40(31(43)44-26-10-14-38(15-11-26)22(2)41)13-5-12-37-17-23-19-39(20-24(23)18-37)30(42)27-6-3-4-7-29(27)45-32(34,35)36/h3-4,6-9,16,23-24,26H,5,10-15,17-20H2,1-2H3. The van der Waals surface area contributed by atoms with Crippen LogP contribution < -0.4 is 9.64 Å². The molecule has 244 valence electrons. The largest absolute Gasteiger partial charge is 0.573 e. The average molecular weight is 651 g/mol. The molecular weight excluding hydrogens is 613 g/mol. The second-order valence-electron chi connectivity index (χ2n) is 12.1. The van der Waals surface area contributed by atoms with Crippen molar-refractivity contribution < 1.29 is 37.0 Å². The molecule has 0 saturated carbocycles. The minimum atomic E-state index is -4.88. The second-order valence-corrected chi connectivity index (χ2v) is 12.5. The van der Waals surface area contributed by atoms with Crippen molar-refractivity contribution in [2.45, 2.75) is 45.6 Å². The highest BCUT2D eigenvalue weighted by molar-refractivity contribution is 6.31. The Hall–Kier alpha value is -3.51. The second kappa shape index (κ2) is 13.9. The molecule has 0 aliphatic carbocycles. The summed E-state index contributed by atoms with van der Waals surface area (Å²) in [5.41, 5.74) is 1.45. The first kappa shape index (κ1) is 32.9. The number of likely N-dealkylation sites (tertiary alicyclic amines) is 3. The van der Waals surface area contributed by atoms with E-state index in [0.29, 0.717) is 62.7 Å². The third-order valence-corrected chi connectivity index (χ3v) is 9.30. The lowest BCUT2D eigenvalue weighted by Gasteiger charge is -2.32. The highest BCUT2D eigenvalue weighted by Gasteiger charge is 2.42. The molecule has 13 heteroatoms. The van der Waals surface area contributed by atoms with Crippen LogP contribution in [0, 0.1) is 18.8 Å². The summed E-state index contributed by atoms with van der Waals surface area (Å²) in [4.78, 5) is 45.5. The average Bonchev–Trinajstić information content (AvgIpc) is 3.55. The van der Waals surface area contributed by atoms with Crippen LogP contribution in [0.5, 0.6) is 5.75 Å². The molecule has 45 heavy (non-hydrogen) atoms. The van der Waals surface area contributed by atoms with Crippen LogP contribution in [0.4, 0.5) is 23.7 Å². The number of carbonyl (C=O) groups excluding carboxylic acids is 3. The highest BCUT2D eigenvalue weighted by Crippen LogP contribution is 2.34. The Kier molecular flexibility index (Phi) is 10.1. The van der Waals surface area contributed by atoms with Gasteiger partial charge in [0.2, 0.25) is 5.91 Å². The quantitative estimate of drug-likeness (QED) is 0.370. The van der Waals surface area contributed by atoms with Gasteiger partial charge < -0.3 is 24.2 Å². The first-order chi connectivity index (χ1) is 21.4. The monoisotopic (exact) mass is 650 g/mol. The number of halogens is 4. The Morgan fingerprint density at radius 2 is 1.64 bits per heavy atom. The van der Waals surface area contributed by atoms with Crippen LogP contribution in [0.2, 0.25) is 5.02 Å². The van der Waals surface area contributed by atoms with Crippen molar-refractivity contribution >= 4 is 35.2 Å². The fraction of sp³-hybridized carbons (Fsp3) is 0.531. The first-order valence-corrected chi connectivity index (χ1v) is 15.6. The van der Waals surface area contributed by atoms with E-state index in [2.05, 4.69) is 9.64 Å². The highest BCUT2D eigenvalue weighted by atomic mass is 35.5. The SMILES string of the molecule is CC(=O)N1CCC(OC(=O)N(CCCN2CC3CN(C(=O)c4ccccc4OC(F)(F)F)CC3C2)c2ccc(C)c(Cl)c2)CC1. The third kappa shape index (κ3) is 8.21. The molecular formula is C32H38ClF3N4O5. The minimum absolute atomic E-state index is 0.0157. The number of hydrogen-bond acceptors (Lipinski definition) is 6. The van der Waals surface area contributed by atoms with E-state index in [1.165, 1.54) is 25.1 Å². The number of hydrogen-bond donors (Lipinski definition) is 0. The van der Waals surface area contributed by atoms with Gasteiger partial charge in [-0.3, -0.25) is 14.5 Å². The number of nitrogens with zero attached hydrogens (tertiary/aromatic N) is 4.